The Labute approximate surface area is 144 Å². The predicted molar refractivity (Wildman–Crippen MR) is 88.8 cm³/mol. The second-order valence-electron chi connectivity index (χ2n) is 5.73. The van der Waals surface area contributed by atoms with E-state index in [0.29, 0.717) is 25.5 Å². The molecule has 130 valence electrons. The first kappa shape index (κ1) is 15.6. The Morgan fingerprint density at radius 3 is 2.76 bits per heavy atom. The molecule has 1 fully saturated rings. The molecular formula is C17H18N4O4. The Balaban J connectivity index is 1.36. The van der Waals surface area contributed by atoms with E-state index in [1.165, 1.54) is 6.20 Å². The lowest BCUT2D eigenvalue weighted by Crippen LogP contribution is -2.37. The van der Waals surface area contributed by atoms with Gasteiger partial charge in [0.05, 0.1) is 25.6 Å². The fourth-order valence-electron chi connectivity index (χ4n) is 2.72. The number of fused-ring (bicyclic) bond motifs is 1. The molecule has 0 atom stereocenters. The average molecular weight is 342 g/mol. The van der Waals surface area contributed by atoms with E-state index in [1.807, 2.05) is 18.2 Å². The first-order valence-corrected chi connectivity index (χ1v) is 8.11. The number of rotatable bonds is 4. The molecule has 0 radical (unpaired) electrons. The number of carbonyl (C=O) groups excluding carboxylic acids is 1. The van der Waals surface area contributed by atoms with E-state index in [2.05, 4.69) is 20.2 Å². The van der Waals surface area contributed by atoms with Gasteiger partial charge in [-0.25, -0.2) is 9.97 Å². The van der Waals surface area contributed by atoms with Crippen LogP contribution in [0.5, 0.6) is 11.5 Å². The van der Waals surface area contributed by atoms with Gasteiger partial charge in [-0.1, -0.05) is 6.07 Å². The molecule has 2 aromatic rings. The van der Waals surface area contributed by atoms with Crippen molar-refractivity contribution >= 4 is 11.7 Å². The number of ether oxygens (including phenoxy) is 3. The number of amides is 1. The molecule has 0 aliphatic carbocycles. The van der Waals surface area contributed by atoms with E-state index in [1.54, 1.807) is 6.20 Å². The van der Waals surface area contributed by atoms with Crippen molar-refractivity contribution in [1.82, 2.24) is 15.3 Å². The summed E-state index contributed by atoms with van der Waals surface area (Å²) in [5.41, 5.74) is 1.22. The molecule has 3 heterocycles. The quantitative estimate of drug-likeness (QED) is 0.886. The molecule has 1 saturated heterocycles. The highest BCUT2D eigenvalue weighted by atomic mass is 16.7. The number of nitrogens with zero attached hydrogens (tertiary/aromatic N) is 3. The zero-order chi connectivity index (χ0) is 17.1. The van der Waals surface area contributed by atoms with Crippen LogP contribution in [0.25, 0.3) is 0 Å². The maximum atomic E-state index is 12.2. The van der Waals surface area contributed by atoms with Gasteiger partial charge >= 0.3 is 0 Å². The minimum Gasteiger partial charge on any atom is -0.454 e. The van der Waals surface area contributed by atoms with Crippen LogP contribution < -0.4 is 19.7 Å². The SMILES string of the molecule is O=C(NCc1ccc2c(c1)OCO2)c1cnc(N2CCOCC2)cn1. The Bertz CT molecular complexity index is 760. The standard InChI is InChI=1S/C17H18N4O4/c22-17(20-8-12-1-2-14-15(7-12)25-11-24-14)13-9-19-16(10-18-13)21-3-5-23-6-4-21/h1-2,7,9-10H,3-6,8,11H2,(H,20,22). The van der Waals surface area contributed by atoms with E-state index in [-0.39, 0.29) is 18.4 Å². The first-order valence-electron chi connectivity index (χ1n) is 8.11. The molecule has 0 unspecified atom stereocenters. The van der Waals surface area contributed by atoms with Gasteiger partial charge < -0.3 is 24.4 Å². The van der Waals surface area contributed by atoms with Crippen molar-refractivity contribution in [2.75, 3.05) is 38.0 Å². The maximum absolute atomic E-state index is 12.2. The van der Waals surface area contributed by atoms with E-state index >= 15 is 0 Å². The van der Waals surface area contributed by atoms with E-state index in [4.69, 9.17) is 14.2 Å². The van der Waals surface area contributed by atoms with E-state index in [0.717, 1.165) is 30.2 Å². The molecule has 1 aromatic heterocycles. The molecule has 0 spiro atoms. The first-order chi connectivity index (χ1) is 12.3. The van der Waals surface area contributed by atoms with Crippen LogP contribution in [0.1, 0.15) is 16.1 Å². The lowest BCUT2D eigenvalue weighted by Gasteiger charge is -2.27. The van der Waals surface area contributed by atoms with Gasteiger partial charge in [0.1, 0.15) is 11.5 Å². The fraction of sp³-hybridized carbons (Fsp3) is 0.353. The van der Waals surface area contributed by atoms with Crippen LogP contribution in [-0.2, 0) is 11.3 Å². The summed E-state index contributed by atoms with van der Waals surface area (Å²) in [6.07, 6.45) is 3.13. The number of carbonyl (C=O) groups is 1. The van der Waals surface area contributed by atoms with Crippen molar-refractivity contribution in [2.24, 2.45) is 0 Å². The topological polar surface area (TPSA) is 85.8 Å². The molecule has 1 N–H and O–H groups in total. The molecule has 8 heteroatoms. The van der Waals surface area contributed by atoms with Crippen LogP contribution in [-0.4, -0.2) is 49.0 Å². The van der Waals surface area contributed by atoms with Crippen molar-refractivity contribution in [2.45, 2.75) is 6.54 Å². The lowest BCUT2D eigenvalue weighted by molar-refractivity contribution is 0.0945. The zero-order valence-corrected chi connectivity index (χ0v) is 13.6. The molecule has 1 amide bonds. The smallest absolute Gasteiger partial charge is 0.271 e. The molecule has 2 aliphatic heterocycles. The van der Waals surface area contributed by atoms with Crippen LogP contribution in [0.15, 0.2) is 30.6 Å². The largest absolute Gasteiger partial charge is 0.454 e. The summed E-state index contributed by atoms with van der Waals surface area (Å²) < 4.78 is 15.9. The Morgan fingerprint density at radius 1 is 1.12 bits per heavy atom. The van der Waals surface area contributed by atoms with Gasteiger partial charge in [0.25, 0.3) is 5.91 Å². The average Bonchev–Trinajstić information content (AvgIpc) is 3.15. The highest BCUT2D eigenvalue weighted by molar-refractivity contribution is 5.92. The predicted octanol–water partition coefficient (Wildman–Crippen LogP) is 0.972. The molecule has 0 bridgehead atoms. The third-order valence-corrected chi connectivity index (χ3v) is 4.10. The van der Waals surface area contributed by atoms with Gasteiger partial charge in [-0.2, -0.15) is 0 Å². The summed E-state index contributed by atoms with van der Waals surface area (Å²) >= 11 is 0. The van der Waals surface area contributed by atoms with Crippen LogP contribution in [0.3, 0.4) is 0 Å². The minimum absolute atomic E-state index is 0.232. The highest BCUT2D eigenvalue weighted by Crippen LogP contribution is 2.32. The normalized spacial score (nSPS) is 15.9. The monoisotopic (exact) mass is 342 g/mol. The van der Waals surface area contributed by atoms with Crippen LogP contribution in [0.2, 0.25) is 0 Å². The number of hydrogen-bond donors (Lipinski definition) is 1. The van der Waals surface area contributed by atoms with Crippen LogP contribution >= 0.6 is 0 Å². The summed E-state index contributed by atoms with van der Waals surface area (Å²) in [6.45, 7) is 3.53. The number of morpholine rings is 1. The van der Waals surface area contributed by atoms with Gasteiger partial charge in [-0.15, -0.1) is 0 Å². The van der Waals surface area contributed by atoms with Gasteiger partial charge in [-0.3, -0.25) is 4.79 Å². The number of aromatic nitrogens is 2. The van der Waals surface area contributed by atoms with Crippen LogP contribution in [0.4, 0.5) is 5.82 Å². The molecule has 4 rings (SSSR count). The Morgan fingerprint density at radius 2 is 1.96 bits per heavy atom. The zero-order valence-electron chi connectivity index (χ0n) is 13.6. The van der Waals surface area contributed by atoms with Crippen molar-refractivity contribution in [3.05, 3.63) is 41.9 Å². The van der Waals surface area contributed by atoms with Crippen molar-refractivity contribution in [1.29, 1.82) is 0 Å². The summed E-state index contributed by atoms with van der Waals surface area (Å²) in [7, 11) is 0. The van der Waals surface area contributed by atoms with Gasteiger partial charge in [0, 0.05) is 19.6 Å². The second-order valence-corrected chi connectivity index (χ2v) is 5.73. The van der Waals surface area contributed by atoms with Crippen molar-refractivity contribution in [3.63, 3.8) is 0 Å². The lowest BCUT2D eigenvalue weighted by atomic mass is 10.2. The van der Waals surface area contributed by atoms with Gasteiger partial charge in [-0.05, 0) is 17.7 Å². The fourth-order valence-corrected chi connectivity index (χ4v) is 2.72. The number of nitrogens with one attached hydrogen (secondary N) is 1. The summed E-state index contributed by atoms with van der Waals surface area (Å²) in [6, 6.07) is 5.58. The molecule has 8 nitrogen and oxygen atoms in total. The summed E-state index contributed by atoms with van der Waals surface area (Å²) in [4.78, 5) is 22.9. The molecule has 25 heavy (non-hydrogen) atoms. The molecule has 0 saturated carbocycles. The molecule has 1 aromatic carbocycles. The Kier molecular flexibility index (Phi) is 4.34. The highest BCUT2D eigenvalue weighted by Gasteiger charge is 2.16. The number of benzene rings is 1. The summed E-state index contributed by atoms with van der Waals surface area (Å²) in [5, 5.41) is 2.83. The van der Waals surface area contributed by atoms with Gasteiger partial charge in [0.2, 0.25) is 6.79 Å². The molecule has 2 aliphatic rings. The van der Waals surface area contributed by atoms with Crippen LogP contribution in [0, 0.1) is 0 Å². The summed E-state index contributed by atoms with van der Waals surface area (Å²) in [5.74, 6) is 1.91. The van der Waals surface area contributed by atoms with E-state index < -0.39 is 0 Å². The minimum atomic E-state index is -0.265. The third kappa shape index (κ3) is 3.48. The van der Waals surface area contributed by atoms with Crippen molar-refractivity contribution < 1.29 is 19.0 Å². The number of hydrogen-bond acceptors (Lipinski definition) is 7. The van der Waals surface area contributed by atoms with E-state index in [9.17, 15) is 4.79 Å². The third-order valence-electron chi connectivity index (χ3n) is 4.10. The molecular weight excluding hydrogens is 324 g/mol. The number of anilines is 1. The Hall–Kier alpha value is -2.87. The van der Waals surface area contributed by atoms with Gasteiger partial charge in [0.15, 0.2) is 11.5 Å². The second kappa shape index (κ2) is 6.94. The van der Waals surface area contributed by atoms with Crippen molar-refractivity contribution in [3.8, 4) is 11.5 Å². The maximum Gasteiger partial charge on any atom is 0.271 e.